The summed E-state index contributed by atoms with van der Waals surface area (Å²) in [6.07, 6.45) is 96.3. The predicted octanol–water partition coefficient (Wildman–Crippen LogP) is 26.9. The lowest BCUT2D eigenvalue weighted by atomic mass is 10.0. The molecule has 0 heterocycles. The van der Waals surface area contributed by atoms with Crippen LogP contribution in [0, 0.1) is 0 Å². The molecule has 0 bridgehead atoms. The first-order valence-electron chi connectivity index (χ1n) is 40.8. The Morgan fingerprint density at radius 2 is 0.471 bits per heavy atom. The van der Waals surface area contributed by atoms with E-state index in [4.69, 9.17) is 4.74 Å². The number of rotatable bonds is 78. The van der Waals surface area contributed by atoms with Crippen molar-refractivity contribution in [2.45, 2.75) is 495 Å². The number of hydrogen-bond donors (Lipinski definition) is 3. The Morgan fingerprint density at radius 3 is 0.701 bits per heavy atom. The summed E-state index contributed by atoms with van der Waals surface area (Å²) in [5.41, 5.74) is 0. The first-order valence-corrected chi connectivity index (χ1v) is 40.8. The molecule has 0 saturated carbocycles. The fourth-order valence-electron chi connectivity index (χ4n) is 13.5. The molecule has 0 aromatic carbocycles. The third-order valence-corrected chi connectivity index (χ3v) is 19.7. The van der Waals surface area contributed by atoms with Gasteiger partial charge in [0.25, 0.3) is 0 Å². The van der Waals surface area contributed by atoms with Gasteiger partial charge in [0.05, 0.1) is 25.4 Å². The molecule has 0 aliphatic carbocycles. The van der Waals surface area contributed by atoms with Crippen LogP contribution in [0.25, 0.3) is 0 Å². The summed E-state index contributed by atoms with van der Waals surface area (Å²) in [6.45, 7) is 5.03. The standard InChI is InChI=1S/C81H161NO5/c1-3-5-7-9-11-13-15-17-19-21-23-24-25-31-34-38-41-45-49-53-57-61-65-69-73-79(84)78(77-83)82-80(85)74-70-66-62-58-54-50-46-42-39-35-32-29-27-26-28-30-33-36-40-44-48-52-56-60-64-68-72-76-87-81(86)75-71-67-63-59-55-51-47-43-37-22-20-18-16-14-12-10-8-6-4-2/h78-79,83-84H,3-77H2,1-2H3,(H,82,85). The Balaban J connectivity index is 3.33. The summed E-state index contributed by atoms with van der Waals surface area (Å²) in [7, 11) is 0. The van der Waals surface area contributed by atoms with E-state index in [2.05, 4.69) is 19.2 Å². The van der Waals surface area contributed by atoms with Crippen molar-refractivity contribution in [1.29, 1.82) is 0 Å². The number of esters is 1. The highest BCUT2D eigenvalue weighted by atomic mass is 16.5. The van der Waals surface area contributed by atoms with Crippen LogP contribution < -0.4 is 5.32 Å². The van der Waals surface area contributed by atoms with Crippen molar-refractivity contribution < 1.29 is 24.5 Å². The number of carbonyl (C=O) groups excluding carboxylic acids is 2. The highest BCUT2D eigenvalue weighted by molar-refractivity contribution is 5.76. The number of hydrogen-bond acceptors (Lipinski definition) is 5. The second-order valence-electron chi connectivity index (χ2n) is 28.5. The molecule has 0 radical (unpaired) electrons. The Morgan fingerprint density at radius 1 is 0.276 bits per heavy atom. The quantitative estimate of drug-likeness (QED) is 0.0417. The maximum absolute atomic E-state index is 12.6. The molecule has 0 aliphatic rings. The lowest BCUT2D eigenvalue weighted by Gasteiger charge is -2.22. The fraction of sp³-hybridized carbons (Fsp3) is 0.975. The average molecular weight is 1230 g/mol. The monoisotopic (exact) mass is 1230 g/mol. The molecule has 0 aromatic heterocycles. The van der Waals surface area contributed by atoms with E-state index in [0.717, 1.165) is 38.5 Å². The topological polar surface area (TPSA) is 95.9 Å². The normalized spacial score (nSPS) is 12.4. The molecular weight excluding hydrogens is 1070 g/mol. The molecule has 6 nitrogen and oxygen atoms in total. The fourth-order valence-corrected chi connectivity index (χ4v) is 13.5. The van der Waals surface area contributed by atoms with Gasteiger partial charge in [0, 0.05) is 12.8 Å². The van der Waals surface area contributed by atoms with Crippen molar-refractivity contribution in [3.63, 3.8) is 0 Å². The lowest BCUT2D eigenvalue weighted by Crippen LogP contribution is -2.45. The van der Waals surface area contributed by atoms with Crippen LogP contribution in [-0.2, 0) is 14.3 Å². The molecule has 2 unspecified atom stereocenters. The molecule has 0 fully saturated rings. The number of unbranched alkanes of at least 4 members (excludes halogenated alkanes) is 67. The number of aliphatic hydroxyl groups is 2. The largest absolute Gasteiger partial charge is 0.466 e. The minimum Gasteiger partial charge on any atom is -0.466 e. The predicted molar refractivity (Wildman–Crippen MR) is 384 cm³/mol. The Kier molecular flexibility index (Phi) is 76.3. The Bertz CT molecular complexity index is 1280. The molecule has 0 rings (SSSR count). The van der Waals surface area contributed by atoms with Crippen LogP contribution in [0.4, 0.5) is 0 Å². The highest BCUT2D eigenvalue weighted by Crippen LogP contribution is 2.21. The number of carbonyl (C=O) groups is 2. The van der Waals surface area contributed by atoms with Crippen molar-refractivity contribution in [1.82, 2.24) is 5.32 Å². The minimum absolute atomic E-state index is 0.0248. The molecule has 0 saturated heterocycles. The van der Waals surface area contributed by atoms with Gasteiger partial charge in [0.15, 0.2) is 0 Å². The molecular formula is C81H161NO5. The zero-order valence-corrected chi connectivity index (χ0v) is 59.8. The van der Waals surface area contributed by atoms with Gasteiger partial charge in [-0.3, -0.25) is 9.59 Å². The van der Waals surface area contributed by atoms with Crippen LogP contribution in [0.5, 0.6) is 0 Å². The van der Waals surface area contributed by atoms with Crippen molar-refractivity contribution >= 4 is 11.9 Å². The average Bonchev–Trinajstić information content (AvgIpc) is 3.53. The Hall–Kier alpha value is -1.14. The van der Waals surface area contributed by atoms with E-state index in [1.54, 1.807) is 0 Å². The van der Waals surface area contributed by atoms with Crippen LogP contribution in [0.1, 0.15) is 483 Å². The van der Waals surface area contributed by atoms with Gasteiger partial charge in [-0.1, -0.05) is 444 Å². The van der Waals surface area contributed by atoms with E-state index < -0.39 is 12.1 Å². The molecule has 87 heavy (non-hydrogen) atoms. The summed E-state index contributed by atoms with van der Waals surface area (Å²) in [6, 6.07) is -0.540. The summed E-state index contributed by atoms with van der Waals surface area (Å²) in [4.78, 5) is 24.7. The van der Waals surface area contributed by atoms with Gasteiger partial charge in [0.1, 0.15) is 0 Å². The number of nitrogens with one attached hydrogen (secondary N) is 1. The summed E-state index contributed by atoms with van der Waals surface area (Å²) in [5.74, 6) is -0.000679. The van der Waals surface area contributed by atoms with Crippen LogP contribution >= 0.6 is 0 Å². The van der Waals surface area contributed by atoms with Gasteiger partial charge in [-0.05, 0) is 25.7 Å². The number of amides is 1. The SMILES string of the molecule is CCCCCCCCCCCCCCCCCCCCCCCCCCC(O)C(CO)NC(=O)CCCCCCCCCCCCCCCCCCCCCCCCCCCCCOC(=O)CCCCCCCCCCCCCCCCCCCCC. The molecule has 0 aliphatic heterocycles. The summed E-state index contributed by atoms with van der Waals surface area (Å²) < 4.78 is 5.52. The zero-order chi connectivity index (χ0) is 62.8. The van der Waals surface area contributed by atoms with Gasteiger partial charge in [-0.2, -0.15) is 0 Å². The smallest absolute Gasteiger partial charge is 0.305 e. The summed E-state index contributed by atoms with van der Waals surface area (Å²) >= 11 is 0. The molecule has 3 N–H and O–H groups in total. The Labute approximate surface area is 547 Å². The van der Waals surface area contributed by atoms with Gasteiger partial charge in [0.2, 0.25) is 5.91 Å². The van der Waals surface area contributed by atoms with Gasteiger partial charge in [-0.15, -0.1) is 0 Å². The molecule has 1 amide bonds. The van der Waals surface area contributed by atoms with E-state index in [0.29, 0.717) is 25.9 Å². The molecule has 520 valence electrons. The van der Waals surface area contributed by atoms with Crippen LogP contribution in [0.3, 0.4) is 0 Å². The van der Waals surface area contributed by atoms with E-state index in [-0.39, 0.29) is 18.5 Å². The van der Waals surface area contributed by atoms with Crippen molar-refractivity contribution in [3.05, 3.63) is 0 Å². The van der Waals surface area contributed by atoms with E-state index >= 15 is 0 Å². The van der Waals surface area contributed by atoms with E-state index in [1.807, 2.05) is 0 Å². The van der Waals surface area contributed by atoms with Crippen LogP contribution in [0.2, 0.25) is 0 Å². The maximum atomic E-state index is 12.6. The van der Waals surface area contributed by atoms with Crippen molar-refractivity contribution in [3.8, 4) is 0 Å². The van der Waals surface area contributed by atoms with E-state index in [9.17, 15) is 19.8 Å². The third kappa shape index (κ3) is 73.8. The highest BCUT2D eigenvalue weighted by Gasteiger charge is 2.20. The molecule has 6 heteroatoms. The molecule has 0 aromatic rings. The van der Waals surface area contributed by atoms with Crippen molar-refractivity contribution in [2.24, 2.45) is 0 Å². The lowest BCUT2D eigenvalue weighted by molar-refractivity contribution is -0.143. The van der Waals surface area contributed by atoms with Gasteiger partial charge >= 0.3 is 5.97 Å². The zero-order valence-electron chi connectivity index (χ0n) is 59.8. The number of ether oxygens (including phenoxy) is 1. The second kappa shape index (κ2) is 77.3. The third-order valence-electron chi connectivity index (χ3n) is 19.7. The van der Waals surface area contributed by atoms with Gasteiger partial charge < -0.3 is 20.3 Å². The molecule has 0 spiro atoms. The second-order valence-corrected chi connectivity index (χ2v) is 28.5. The summed E-state index contributed by atoms with van der Waals surface area (Å²) in [5, 5.41) is 23.5. The number of aliphatic hydroxyl groups excluding tert-OH is 2. The van der Waals surface area contributed by atoms with Crippen LogP contribution in [-0.4, -0.2) is 47.4 Å². The first-order chi connectivity index (χ1) is 43.0. The molecule has 2 atom stereocenters. The van der Waals surface area contributed by atoms with Crippen LogP contribution in [0.15, 0.2) is 0 Å². The minimum atomic E-state index is -0.663. The van der Waals surface area contributed by atoms with Gasteiger partial charge in [-0.25, -0.2) is 0 Å². The maximum Gasteiger partial charge on any atom is 0.305 e. The van der Waals surface area contributed by atoms with E-state index in [1.165, 1.54) is 411 Å². The van der Waals surface area contributed by atoms with Crippen molar-refractivity contribution in [2.75, 3.05) is 13.2 Å². The first kappa shape index (κ1) is 85.9.